The number of halogens is 1. The summed E-state index contributed by atoms with van der Waals surface area (Å²) >= 11 is 3.41. The predicted octanol–water partition coefficient (Wildman–Crippen LogP) is 1.95. The first-order valence-corrected chi connectivity index (χ1v) is 8.30. The van der Waals surface area contributed by atoms with Gasteiger partial charge in [-0.25, -0.2) is 4.79 Å². The van der Waals surface area contributed by atoms with Crippen LogP contribution in [0.1, 0.15) is 25.0 Å². The maximum absolute atomic E-state index is 11.6. The second-order valence-electron chi connectivity index (χ2n) is 5.15. The van der Waals surface area contributed by atoms with E-state index in [1.165, 1.54) is 6.08 Å². The topological polar surface area (TPSA) is 84.5 Å². The van der Waals surface area contributed by atoms with E-state index in [9.17, 15) is 14.4 Å². The van der Waals surface area contributed by atoms with Gasteiger partial charge in [0.25, 0.3) is 5.91 Å². The Labute approximate surface area is 149 Å². The van der Waals surface area contributed by atoms with Gasteiger partial charge in [-0.15, -0.1) is 0 Å². The molecule has 0 saturated heterocycles. The van der Waals surface area contributed by atoms with Gasteiger partial charge >= 0.3 is 5.97 Å². The maximum Gasteiger partial charge on any atom is 0.331 e. The van der Waals surface area contributed by atoms with Gasteiger partial charge in [-0.05, 0) is 44.0 Å². The van der Waals surface area contributed by atoms with Gasteiger partial charge in [-0.1, -0.05) is 28.1 Å². The summed E-state index contributed by atoms with van der Waals surface area (Å²) < 4.78 is 5.71. The lowest BCUT2D eigenvalue weighted by atomic mass is 10.1. The molecule has 0 aromatic heterocycles. The summed E-state index contributed by atoms with van der Waals surface area (Å²) in [6, 6.07) is 5.03. The smallest absolute Gasteiger partial charge is 0.331 e. The minimum absolute atomic E-state index is 0.290. The van der Waals surface area contributed by atoms with Gasteiger partial charge in [0.05, 0.1) is 0 Å². The van der Waals surface area contributed by atoms with E-state index in [0.29, 0.717) is 6.54 Å². The SMILES string of the molecule is CCNC(=O)[C@H](C)NC(=O)COC(=O)/C=C/c1ccc(C)cc1Br. The Balaban J connectivity index is 2.44. The fraction of sp³-hybridized carbons (Fsp3) is 0.353. The lowest BCUT2D eigenvalue weighted by molar-refractivity contribution is -0.144. The van der Waals surface area contributed by atoms with Crippen LogP contribution >= 0.6 is 15.9 Å². The molecular weight excluding hydrogens is 376 g/mol. The number of rotatable bonds is 7. The summed E-state index contributed by atoms with van der Waals surface area (Å²) in [5.41, 5.74) is 1.92. The van der Waals surface area contributed by atoms with Crippen LogP contribution in [0.15, 0.2) is 28.7 Å². The van der Waals surface area contributed by atoms with Crippen molar-refractivity contribution in [3.05, 3.63) is 39.9 Å². The van der Waals surface area contributed by atoms with Gasteiger partial charge < -0.3 is 15.4 Å². The zero-order chi connectivity index (χ0) is 18.1. The molecule has 0 unspecified atom stereocenters. The van der Waals surface area contributed by atoms with E-state index in [4.69, 9.17) is 4.74 Å². The quantitative estimate of drug-likeness (QED) is 0.544. The van der Waals surface area contributed by atoms with Crippen molar-refractivity contribution in [2.75, 3.05) is 13.2 Å². The second-order valence-corrected chi connectivity index (χ2v) is 6.00. The van der Waals surface area contributed by atoms with Gasteiger partial charge in [-0.3, -0.25) is 9.59 Å². The monoisotopic (exact) mass is 396 g/mol. The highest BCUT2D eigenvalue weighted by molar-refractivity contribution is 9.10. The van der Waals surface area contributed by atoms with Crippen molar-refractivity contribution in [2.45, 2.75) is 26.8 Å². The average Bonchev–Trinajstić information content (AvgIpc) is 2.52. The van der Waals surface area contributed by atoms with Crippen LogP contribution in [0.4, 0.5) is 0 Å². The molecule has 0 radical (unpaired) electrons. The first-order valence-electron chi connectivity index (χ1n) is 7.51. The van der Waals surface area contributed by atoms with Crippen molar-refractivity contribution in [2.24, 2.45) is 0 Å². The van der Waals surface area contributed by atoms with Gasteiger partial charge in [-0.2, -0.15) is 0 Å². The number of hydrogen-bond donors (Lipinski definition) is 2. The Morgan fingerprint density at radius 1 is 1.33 bits per heavy atom. The largest absolute Gasteiger partial charge is 0.452 e. The van der Waals surface area contributed by atoms with Crippen molar-refractivity contribution in [3.63, 3.8) is 0 Å². The maximum atomic E-state index is 11.6. The van der Waals surface area contributed by atoms with Gasteiger partial charge in [0.1, 0.15) is 6.04 Å². The Bertz CT molecular complexity index is 643. The van der Waals surface area contributed by atoms with E-state index in [0.717, 1.165) is 15.6 Å². The highest BCUT2D eigenvalue weighted by atomic mass is 79.9. The molecule has 0 aliphatic carbocycles. The molecule has 1 aromatic carbocycles. The van der Waals surface area contributed by atoms with Crippen molar-refractivity contribution in [1.82, 2.24) is 10.6 Å². The van der Waals surface area contributed by atoms with Crippen LogP contribution in [0.3, 0.4) is 0 Å². The standard InChI is InChI=1S/C17H21BrN2O4/c1-4-19-17(23)12(3)20-15(21)10-24-16(22)8-7-13-6-5-11(2)9-14(13)18/h5-9,12H,4,10H2,1-3H3,(H,19,23)(H,20,21)/b8-7+/t12-/m0/s1. The van der Waals surface area contributed by atoms with Crippen LogP contribution in [-0.4, -0.2) is 37.0 Å². The molecule has 0 fully saturated rings. The van der Waals surface area contributed by atoms with Gasteiger partial charge in [0, 0.05) is 17.1 Å². The van der Waals surface area contributed by atoms with E-state index in [-0.39, 0.29) is 5.91 Å². The Morgan fingerprint density at radius 3 is 2.67 bits per heavy atom. The molecule has 1 atom stereocenters. The summed E-state index contributed by atoms with van der Waals surface area (Å²) in [5, 5.41) is 5.04. The Morgan fingerprint density at radius 2 is 2.04 bits per heavy atom. The molecule has 0 aliphatic heterocycles. The van der Waals surface area contributed by atoms with Crippen LogP contribution < -0.4 is 10.6 Å². The molecule has 1 aromatic rings. The first-order chi connectivity index (χ1) is 11.3. The Kier molecular flexibility index (Phi) is 8.18. The number of carbonyl (C=O) groups is 3. The molecule has 2 amide bonds. The molecule has 130 valence electrons. The first kappa shape index (κ1) is 19.9. The molecule has 0 aliphatic rings. The third-order valence-corrected chi connectivity index (χ3v) is 3.71. The number of amides is 2. The highest BCUT2D eigenvalue weighted by Gasteiger charge is 2.15. The van der Waals surface area contributed by atoms with Gasteiger partial charge in [0.15, 0.2) is 6.61 Å². The average molecular weight is 397 g/mol. The fourth-order valence-electron chi connectivity index (χ4n) is 1.79. The fourth-order valence-corrected chi connectivity index (χ4v) is 2.41. The lowest BCUT2D eigenvalue weighted by Gasteiger charge is -2.12. The summed E-state index contributed by atoms with van der Waals surface area (Å²) in [7, 11) is 0. The van der Waals surface area contributed by atoms with E-state index in [1.54, 1.807) is 19.9 Å². The van der Waals surface area contributed by atoms with Crippen LogP contribution in [-0.2, 0) is 19.1 Å². The highest BCUT2D eigenvalue weighted by Crippen LogP contribution is 2.19. The normalized spacial score (nSPS) is 11.8. The van der Waals surface area contributed by atoms with E-state index >= 15 is 0 Å². The lowest BCUT2D eigenvalue weighted by Crippen LogP contribution is -2.46. The molecule has 0 bridgehead atoms. The van der Waals surface area contributed by atoms with Crippen molar-refractivity contribution >= 4 is 39.8 Å². The minimum atomic E-state index is -0.685. The molecule has 6 nitrogen and oxygen atoms in total. The summed E-state index contributed by atoms with van der Waals surface area (Å²) in [4.78, 5) is 34.8. The van der Waals surface area contributed by atoms with Crippen molar-refractivity contribution in [1.29, 1.82) is 0 Å². The summed E-state index contributed by atoms with van der Waals surface area (Å²) in [6.45, 7) is 5.34. The van der Waals surface area contributed by atoms with E-state index < -0.39 is 24.5 Å². The molecule has 24 heavy (non-hydrogen) atoms. The molecule has 2 N–H and O–H groups in total. The van der Waals surface area contributed by atoms with Crippen molar-refractivity contribution < 1.29 is 19.1 Å². The van der Waals surface area contributed by atoms with Crippen molar-refractivity contribution in [3.8, 4) is 0 Å². The third-order valence-electron chi connectivity index (χ3n) is 3.02. The minimum Gasteiger partial charge on any atom is -0.452 e. The van der Waals surface area contributed by atoms with Crippen LogP contribution in [0.25, 0.3) is 6.08 Å². The number of benzene rings is 1. The second kappa shape index (κ2) is 9.87. The molecule has 0 spiro atoms. The summed E-state index contributed by atoms with van der Waals surface area (Å²) in [5.74, 6) is -1.46. The van der Waals surface area contributed by atoms with Crippen LogP contribution in [0.2, 0.25) is 0 Å². The molecule has 0 heterocycles. The number of nitrogens with one attached hydrogen (secondary N) is 2. The molecule has 7 heteroatoms. The van der Waals surface area contributed by atoms with Gasteiger partial charge in [0.2, 0.25) is 5.91 Å². The predicted molar refractivity (Wildman–Crippen MR) is 95.2 cm³/mol. The van der Waals surface area contributed by atoms with Crippen LogP contribution in [0.5, 0.6) is 0 Å². The zero-order valence-electron chi connectivity index (χ0n) is 13.9. The van der Waals surface area contributed by atoms with E-state index in [2.05, 4.69) is 26.6 Å². The number of carbonyl (C=O) groups excluding carboxylic acids is 3. The Hall–Kier alpha value is -2.15. The van der Waals surface area contributed by atoms with Crippen LogP contribution in [0, 0.1) is 6.92 Å². The molecule has 1 rings (SSSR count). The number of esters is 1. The number of ether oxygens (including phenoxy) is 1. The number of aryl methyl sites for hydroxylation is 1. The van der Waals surface area contributed by atoms with E-state index in [1.807, 2.05) is 25.1 Å². The zero-order valence-corrected chi connectivity index (χ0v) is 15.5. The number of hydrogen-bond acceptors (Lipinski definition) is 4. The molecule has 0 saturated carbocycles. The summed E-state index contributed by atoms with van der Waals surface area (Å²) in [6.07, 6.45) is 2.84. The number of likely N-dealkylation sites (N-methyl/N-ethyl adjacent to an activating group) is 1. The third kappa shape index (κ3) is 6.95. The molecular formula is C17H21BrN2O4.